The van der Waals surface area contributed by atoms with E-state index in [2.05, 4.69) is 31.1 Å². The minimum atomic E-state index is 0.475. The van der Waals surface area contributed by atoms with Crippen molar-refractivity contribution in [3.05, 3.63) is 0 Å². The molecule has 3 heteroatoms. The van der Waals surface area contributed by atoms with Crippen molar-refractivity contribution >= 4 is 0 Å². The largest absolute Gasteiger partial charge is 0.383 e. The highest BCUT2D eigenvalue weighted by Crippen LogP contribution is 2.35. The molecular formula is C16H34N2O. The van der Waals surface area contributed by atoms with E-state index in [4.69, 9.17) is 4.74 Å². The number of ether oxygens (including phenoxy) is 1. The normalized spacial score (nSPS) is 21.3. The molecule has 0 amide bonds. The topological polar surface area (TPSA) is 24.5 Å². The van der Waals surface area contributed by atoms with Gasteiger partial charge in [-0.3, -0.25) is 0 Å². The van der Waals surface area contributed by atoms with Gasteiger partial charge < -0.3 is 15.0 Å². The molecule has 1 saturated carbocycles. The summed E-state index contributed by atoms with van der Waals surface area (Å²) < 4.78 is 5.30. The van der Waals surface area contributed by atoms with Crippen LogP contribution in [0.15, 0.2) is 0 Å². The second-order valence-corrected chi connectivity index (χ2v) is 6.41. The molecular weight excluding hydrogens is 236 g/mol. The lowest BCUT2D eigenvalue weighted by atomic mass is 9.79. The Morgan fingerprint density at radius 1 is 1.21 bits per heavy atom. The molecule has 3 nitrogen and oxygen atoms in total. The number of nitrogens with zero attached hydrogens (tertiary/aromatic N) is 1. The molecule has 0 saturated heterocycles. The first-order chi connectivity index (χ1) is 9.13. The molecule has 0 aromatic carbocycles. The molecule has 1 atom stereocenters. The Balaban J connectivity index is 2.61. The number of nitrogens with one attached hydrogen (secondary N) is 1. The fourth-order valence-electron chi connectivity index (χ4n) is 3.31. The molecule has 0 bridgehead atoms. The molecule has 1 aliphatic rings. The van der Waals surface area contributed by atoms with Gasteiger partial charge in [0, 0.05) is 26.2 Å². The number of hydrogen-bond acceptors (Lipinski definition) is 3. The average Bonchev–Trinajstić information content (AvgIpc) is 2.63. The van der Waals surface area contributed by atoms with Gasteiger partial charge in [-0.2, -0.15) is 0 Å². The number of rotatable bonds is 8. The van der Waals surface area contributed by atoms with Crippen LogP contribution in [-0.4, -0.2) is 51.3 Å². The van der Waals surface area contributed by atoms with E-state index in [0.29, 0.717) is 11.5 Å². The lowest BCUT2D eigenvalue weighted by molar-refractivity contribution is 0.0726. The van der Waals surface area contributed by atoms with Crippen molar-refractivity contribution in [3.63, 3.8) is 0 Å². The minimum Gasteiger partial charge on any atom is -0.383 e. The van der Waals surface area contributed by atoms with E-state index in [1.165, 1.54) is 51.6 Å². The smallest absolute Gasteiger partial charge is 0.0615 e. The highest BCUT2D eigenvalue weighted by Gasteiger charge is 2.32. The van der Waals surface area contributed by atoms with Crippen molar-refractivity contribution in [1.82, 2.24) is 10.2 Å². The summed E-state index contributed by atoms with van der Waals surface area (Å²) in [6, 6.07) is 0.506. The Morgan fingerprint density at radius 2 is 1.84 bits per heavy atom. The molecule has 1 rings (SSSR count). The van der Waals surface area contributed by atoms with Gasteiger partial charge in [0.15, 0.2) is 0 Å². The fourth-order valence-corrected chi connectivity index (χ4v) is 3.31. The Labute approximate surface area is 120 Å². The third kappa shape index (κ3) is 5.80. The van der Waals surface area contributed by atoms with Crippen LogP contribution in [0.4, 0.5) is 0 Å². The number of hydrogen-bond donors (Lipinski definition) is 1. The van der Waals surface area contributed by atoms with Gasteiger partial charge in [0.1, 0.15) is 0 Å². The maximum atomic E-state index is 5.30. The number of methoxy groups -OCH3 is 1. The van der Waals surface area contributed by atoms with Crippen molar-refractivity contribution in [3.8, 4) is 0 Å². The van der Waals surface area contributed by atoms with E-state index in [1.807, 2.05) is 0 Å². The van der Waals surface area contributed by atoms with Crippen molar-refractivity contribution < 1.29 is 4.74 Å². The van der Waals surface area contributed by atoms with E-state index < -0.39 is 0 Å². The Morgan fingerprint density at radius 3 is 2.37 bits per heavy atom. The average molecular weight is 270 g/mol. The van der Waals surface area contributed by atoms with Gasteiger partial charge in [-0.25, -0.2) is 0 Å². The molecule has 0 radical (unpaired) electrons. The fraction of sp³-hybridized carbons (Fsp3) is 1.00. The van der Waals surface area contributed by atoms with E-state index >= 15 is 0 Å². The Hall–Kier alpha value is -0.120. The summed E-state index contributed by atoms with van der Waals surface area (Å²) in [5.41, 5.74) is 0.475. The minimum absolute atomic E-state index is 0.475. The second-order valence-electron chi connectivity index (χ2n) is 6.41. The van der Waals surface area contributed by atoms with Gasteiger partial charge in [0.25, 0.3) is 0 Å². The second kappa shape index (κ2) is 8.93. The molecule has 1 fully saturated rings. The first kappa shape index (κ1) is 16.9. The quantitative estimate of drug-likeness (QED) is 0.686. The van der Waals surface area contributed by atoms with Crippen LogP contribution in [0.5, 0.6) is 0 Å². The Kier molecular flexibility index (Phi) is 7.96. The zero-order chi connectivity index (χ0) is 14.1. The molecule has 114 valence electrons. The SMILES string of the molecule is CCNCC1(CN(C)C(C)COC)CCCCCC1. The summed E-state index contributed by atoms with van der Waals surface area (Å²) in [7, 11) is 4.05. The predicted molar refractivity (Wildman–Crippen MR) is 82.6 cm³/mol. The zero-order valence-corrected chi connectivity index (χ0v) is 13.5. The summed E-state index contributed by atoms with van der Waals surface area (Å²) >= 11 is 0. The van der Waals surface area contributed by atoms with Gasteiger partial charge >= 0.3 is 0 Å². The van der Waals surface area contributed by atoms with Crippen molar-refractivity contribution in [1.29, 1.82) is 0 Å². The van der Waals surface area contributed by atoms with Crippen LogP contribution >= 0.6 is 0 Å². The molecule has 0 aromatic heterocycles. The molecule has 0 aliphatic heterocycles. The first-order valence-corrected chi connectivity index (χ1v) is 8.03. The van der Waals surface area contributed by atoms with Crippen LogP contribution in [0.3, 0.4) is 0 Å². The molecule has 1 unspecified atom stereocenters. The van der Waals surface area contributed by atoms with Crippen LogP contribution in [0.2, 0.25) is 0 Å². The van der Waals surface area contributed by atoms with Crippen LogP contribution in [0, 0.1) is 5.41 Å². The van der Waals surface area contributed by atoms with Gasteiger partial charge in [-0.1, -0.05) is 32.6 Å². The Bertz CT molecular complexity index is 225. The maximum Gasteiger partial charge on any atom is 0.0615 e. The summed E-state index contributed by atoms with van der Waals surface area (Å²) in [5, 5.41) is 3.60. The molecule has 0 heterocycles. The lowest BCUT2D eigenvalue weighted by Crippen LogP contribution is -2.46. The summed E-state index contributed by atoms with van der Waals surface area (Å²) in [6.07, 6.45) is 8.40. The lowest BCUT2D eigenvalue weighted by Gasteiger charge is -2.39. The van der Waals surface area contributed by atoms with E-state index in [1.54, 1.807) is 7.11 Å². The highest BCUT2D eigenvalue weighted by molar-refractivity contribution is 4.87. The third-order valence-corrected chi connectivity index (χ3v) is 4.66. The van der Waals surface area contributed by atoms with E-state index in [9.17, 15) is 0 Å². The standard InChI is InChI=1S/C16H34N2O/c1-5-17-13-16(10-8-6-7-9-11-16)14-18(3)15(2)12-19-4/h15,17H,5-14H2,1-4H3. The van der Waals surface area contributed by atoms with Crippen LogP contribution in [0.1, 0.15) is 52.4 Å². The van der Waals surface area contributed by atoms with Gasteiger partial charge in [-0.05, 0) is 38.8 Å². The molecule has 1 aliphatic carbocycles. The third-order valence-electron chi connectivity index (χ3n) is 4.66. The van der Waals surface area contributed by atoms with Crippen LogP contribution in [-0.2, 0) is 4.74 Å². The predicted octanol–water partition coefficient (Wildman–Crippen LogP) is 2.90. The number of likely N-dealkylation sites (N-methyl/N-ethyl adjacent to an activating group) is 1. The monoisotopic (exact) mass is 270 g/mol. The molecule has 0 spiro atoms. The van der Waals surface area contributed by atoms with Crippen molar-refractivity contribution in [2.45, 2.75) is 58.4 Å². The summed E-state index contributed by atoms with van der Waals surface area (Å²) in [6.45, 7) is 8.76. The summed E-state index contributed by atoms with van der Waals surface area (Å²) in [4.78, 5) is 2.49. The van der Waals surface area contributed by atoms with Crippen LogP contribution < -0.4 is 5.32 Å². The van der Waals surface area contributed by atoms with Crippen LogP contribution in [0.25, 0.3) is 0 Å². The highest BCUT2D eigenvalue weighted by atomic mass is 16.5. The van der Waals surface area contributed by atoms with E-state index in [-0.39, 0.29) is 0 Å². The maximum absolute atomic E-state index is 5.30. The summed E-state index contributed by atoms with van der Waals surface area (Å²) in [5.74, 6) is 0. The molecule has 0 aromatic rings. The molecule has 1 N–H and O–H groups in total. The van der Waals surface area contributed by atoms with Gasteiger partial charge in [0.2, 0.25) is 0 Å². The first-order valence-electron chi connectivity index (χ1n) is 8.03. The van der Waals surface area contributed by atoms with Crippen molar-refractivity contribution in [2.75, 3.05) is 40.4 Å². The van der Waals surface area contributed by atoms with Crippen molar-refractivity contribution in [2.24, 2.45) is 5.41 Å². The zero-order valence-electron chi connectivity index (χ0n) is 13.5. The molecule has 19 heavy (non-hydrogen) atoms. The van der Waals surface area contributed by atoms with E-state index in [0.717, 1.165) is 13.2 Å². The van der Waals surface area contributed by atoms with Gasteiger partial charge in [-0.15, -0.1) is 0 Å². The van der Waals surface area contributed by atoms with Gasteiger partial charge in [0.05, 0.1) is 6.61 Å².